The van der Waals surface area contributed by atoms with Gasteiger partial charge in [-0.05, 0) is 38.5 Å². The summed E-state index contributed by atoms with van der Waals surface area (Å²) in [5.74, 6) is 6.83. The van der Waals surface area contributed by atoms with Gasteiger partial charge in [-0.3, -0.25) is 11.3 Å². The summed E-state index contributed by atoms with van der Waals surface area (Å²) in [6.07, 6.45) is 12.2. The van der Waals surface area contributed by atoms with Gasteiger partial charge in [-0.1, -0.05) is 6.92 Å². The zero-order valence-electron chi connectivity index (χ0n) is 12.6. The Kier molecular flexibility index (Phi) is 6.50. The predicted octanol–water partition coefficient (Wildman–Crippen LogP) is 2.02. The summed E-state index contributed by atoms with van der Waals surface area (Å²) in [6.45, 7) is 4.13. The Labute approximate surface area is 121 Å². The minimum Gasteiger partial charge on any atom is -0.378 e. The standard InChI is InChI=1S/C15H28N4O/c1-2-9-19-10-8-17-15(19)12-13(18-16)6-7-14-5-3-4-11-20-14/h8,10,13-14,18H,2-7,9,11-12,16H2,1H3. The summed E-state index contributed by atoms with van der Waals surface area (Å²) in [7, 11) is 0. The number of nitrogens with two attached hydrogens (primary N) is 1. The van der Waals surface area contributed by atoms with Crippen molar-refractivity contribution < 1.29 is 4.74 Å². The van der Waals surface area contributed by atoms with Gasteiger partial charge in [-0.15, -0.1) is 0 Å². The van der Waals surface area contributed by atoms with Crippen LogP contribution >= 0.6 is 0 Å². The first-order valence-corrected chi connectivity index (χ1v) is 7.91. The smallest absolute Gasteiger partial charge is 0.110 e. The van der Waals surface area contributed by atoms with Gasteiger partial charge in [0, 0.05) is 38.0 Å². The molecule has 2 atom stereocenters. The SMILES string of the molecule is CCCn1ccnc1CC(CCC1CCCCO1)NN. The van der Waals surface area contributed by atoms with Gasteiger partial charge in [0.2, 0.25) is 0 Å². The number of hydrazine groups is 1. The number of hydrogen-bond donors (Lipinski definition) is 2. The highest BCUT2D eigenvalue weighted by Crippen LogP contribution is 2.18. The van der Waals surface area contributed by atoms with Crippen molar-refractivity contribution >= 4 is 0 Å². The second-order valence-electron chi connectivity index (χ2n) is 5.67. The second kappa shape index (κ2) is 8.39. The molecule has 0 aromatic carbocycles. The Hall–Kier alpha value is -0.910. The second-order valence-corrected chi connectivity index (χ2v) is 5.67. The molecule has 0 bridgehead atoms. The van der Waals surface area contributed by atoms with Crippen molar-refractivity contribution in [3.05, 3.63) is 18.2 Å². The Morgan fingerprint density at radius 2 is 2.45 bits per heavy atom. The van der Waals surface area contributed by atoms with Crippen LogP contribution in [0, 0.1) is 0 Å². The molecular formula is C15H28N4O. The first-order chi connectivity index (χ1) is 9.83. The van der Waals surface area contributed by atoms with Gasteiger partial charge in [0.05, 0.1) is 6.10 Å². The van der Waals surface area contributed by atoms with Crippen molar-refractivity contribution in [1.82, 2.24) is 15.0 Å². The number of aromatic nitrogens is 2. The maximum absolute atomic E-state index is 5.78. The molecule has 20 heavy (non-hydrogen) atoms. The lowest BCUT2D eigenvalue weighted by atomic mass is 10.0. The maximum Gasteiger partial charge on any atom is 0.110 e. The van der Waals surface area contributed by atoms with Crippen molar-refractivity contribution in [3.8, 4) is 0 Å². The lowest BCUT2D eigenvalue weighted by Gasteiger charge is -2.24. The minimum absolute atomic E-state index is 0.276. The average Bonchev–Trinajstić information content (AvgIpc) is 2.92. The molecule has 1 aliphatic rings. The van der Waals surface area contributed by atoms with E-state index in [0.29, 0.717) is 6.10 Å². The third-order valence-electron chi connectivity index (χ3n) is 4.04. The molecule has 2 unspecified atom stereocenters. The molecule has 5 nitrogen and oxygen atoms in total. The van der Waals surface area contributed by atoms with E-state index in [1.165, 1.54) is 19.3 Å². The third kappa shape index (κ3) is 4.58. The fraction of sp³-hybridized carbons (Fsp3) is 0.800. The van der Waals surface area contributed by atoms with E-state index in [1.54, 1.807) is 0 Å². The molecule has 5 heteroatoms. The van der Waals surface area contributed by atoms with Crippen LogP contribution in [0.1, 0.15) is 51.3 Å². The van der Waals surface area contributed by atoms with Gasteiger partial charge in [0.1, 0.15) is 5.82 Å². The molecule has 3 N–H and O–H groups in total. The van der Waals surface area contributed by atoms with E-state index in [2.05, 4.69) is 28.1 Å². The highest BCUT2D eigenvalue weighted by molar-refractivity contribution is 4.95. The molecule has 0 aliphatic carbocycles. The summed E-state index contributed by atoms with van der Waals surface area (Å²) in [4.78, 5) is 4.45. The molecule has 0 amide bonds. The number of rotatable bonds is 8. The molecule has 1 aromatic rings. The van der Waals surface area contributed by atoms with Gasteiger partial charge in [0.15, 0.2) is 0 Å². The first kappa shape index (κ1) is 15.5. The van der Waals surface area contributed by atoms with Gasteiger partial charge in [0.25, 0.3) is 0 Å². The van der Waals surface area contributed by atoms with Crippen LogP contribution in [0.4, 0.5) is 0 Å². The molecule has 1 aromatic heterocycles. The van der Waals surface area contributed by atoms with Crippen molar-refractivity contribution in [3.63, 3.8) is 0 Å². The van der Waals surface area contributed by atoms with E-state index >= 15 is 0 Å². The largest absolute Gasteiger partial charge is 0.378 e. The van der Waals surface area contributed by atoms with Gasteiger partial charge >= 0.3 is 0 Å². The summed E-state index contributed by atoms with van der Waals surface area (Å²) in [5.41, 5.74) is 2.94. The molecular weight excluding hydrogens is 252 g/mol. The molecule has 0 radical (unpaired) electrons. The van der Waals surface area contributed by atoms with E-state index in [0.717, 1.165) is 44.7 Å². The van der Waals surface area contributed by atoms with E-state index in [1.807, 2.05) is 6.20 Å². The highest BCUT2D eigenvalue weighted by atomic mass is 16.5. The van der Waals surface area contributed by atoms with Gasteiger partial charge < -0.3 is 9.30 Å². The summed E-state index contributed by atoms with van der Waals surface area (Å²) < 4.78 is 8.00. The number of nitrogens with one attached hydrogen (secondary N) is 1. The van der Waals surface area contributed by atoms with Crippen LogP contribution in [0.5, 0.6) is 0 Å². The van der Waals surface area contributed by atoms with Gasteiger partial charge in [-0.2, -0.15) is 0 Å². The molecule has 1 saturated heterocycles. The Balaban J connectivity index is 1.80. The average molecular weight is 280 g/mol. The molecule has 0 spiro atoms. The summed E-state index contributed by atoms with van der Waals surface area (Å²) in [6, 6.07) is 0.276. The molecule has 1 fully saturated rings. The van der Waals surface area contributed by atoms with Crippen LogP contribution in [0.15, 0.2) is 12.4 Å². The van der Waals surface area contributed by atoms with Crippen molar-refractivity contribution in [1.29, 1.82) is 0 Å². The van der Waals surface area contributed by atoms with E-state index in [4.69, 9.17) is 10.6 Å². The quantitative estimate of drug-likeness (QED) is 0.565. The van der Waals surface area contributed by atoms with E-state index in [-0.39, 0.29) is 6.04 Å². The third-order valence-corrected chi connectivity index (χ3v) is 4.04. The van der Waals surface area contributed by atoms with Crippen LogP contribution in [-0.4, -0.2) is 28.3 Å². The summed E-state index contributed by atoms with van der Waals surface area (Å²) in [5, 5.41) is 0. The van der Waals surface area contributed by atoms with Crippen LogP contribution in [0.2, 0.25) is 0 Å². The number of nitrogens with zero attached hydrogens (tertiary/aromatic N) is 2. The molecule has 0 saturated carbocycles. The lowest BCUT2D eigenvalue weighted by Crippen LogP contribution is -2.38. The van der Waals surface area contributed by atoms with Crippen molar-refractivity contribution in [2.75, 3.05) is 6.61 Å². The molecule has 2 rings (SSSR count). The lowest BCUT2D eigenvalue weighted by molar-refractivity contribution is 0.00854. The van der Waals surface area contributed by atoms with Crippen LogP contribution < -0.4 is 11.3 Å². The van der Waals surface area contributed by atoms with E-state index < -0.39 is 0 Å². The van der Waals surface area contributed by atoms with Crippen molar-refractivity contribution in [2.45, 2.75) is 70.6 Å². The summed E-state index contributed by atoms with van der Waals surface area (Å²) >= 11 is 0. The number of aryl methyl sites for hydroxylation is 1. The molecule has 2 heterocycles. The molecule has 1 aliphatic heterocycles. The normalized spacial score (nSPS) is 21.0. The van der Waals surface area contributed by atoms with Gasteiger partial charge in [-0.25, -0.2) is 4.98 Å². The Bertz CT molecular complexity index is 374. The zero-order chi connectivity index (χ0) is 14.2. The zero-order valence-corrected chi connectivity index (χ0v) is 12.6. The highest BCUT2D eigenvalue weighted by Gasteiger charge is 2.17. The van der Waals surface area contributed by atoms with Crippen LogP contribution in [0.3, 0.4) is 0 Å². The van der Waals surface area contributed by atoms with E-state index in [9.17, 15) is 0 Å². The number of ether oxygens (including phenoxy) is 1. The van der Waals surface area contributed by atoms with Crippen LogP contribution in [-0.2, 0) is 17.7 Å². The fourth-order valence-corrected chi connectivity index (χ4v) is 2.86. The van der Waals surface area contributed by atoms with Crippen molar-refractivity contribution in [2.24, 2.45) is 5.84 Å². The number of hydrogen-bond acceptors (Lipinski definition) is 4. The topological polar surface area (TPSA) is 65.1 Å². The van der Waals surface area contributed by atoms with Crippen LogP contribution in [0.25, 0.3) is 0 Å². The number of imidazole rings is 1. The fourth-order valence-electron chi connectivity index (χ4n) is 2.86. The Morgan fingerprint density at radius 3 is 3.15 bits per heavy atom. The maximum atomic E-state index is 5.78. The predicted molar refractivity (Wildman–Crippen MR) is 80.2 cm³/mol. The first-order valence-electron chi connectivity index (χ1n) is 7.91. The monoisotopic (exact) mass is 280 g/mol. The minimum atomic E-state index is 0.276. The Morgan fingerprint density at radius 1 is 1.55 bits per heavy atom. The molecule has 114 valence electrons.